The summed E-state index contributed by atoms with van der Waals surface area (Å²) >= 11 is 1.59. The number of carbonyl (C=O) groups excluding carboxylic acids is 2. The van der Waals surface area contributed by atoms with Crippen LogP contribution >= 0.6 is 11.3 Å². The van der Waals surface area contributed by atoms with Gasteiger partial charge in [-0.2, -0.15) is 0 Å². The SMILES string of the molecule is CC(OC(=O)CCc1nc2ccccc2s1)C(=O)N1CCc2ccccc2C1. The lowest BCUT2D eigenvalue weighted by atomic mass is 9.99. The minimum atomic E-state index is -0.770. The van der Waals surface area contributed by atoms with Crippen molar-refractivity contribution < 1.29 is 14.3 Å². The molecule has 144 valence electrons. The third-order valence-electron chi connectivity index (χ3n) is 4.98. The fourth-order valence-electron chi connectivity index (χ4n) is 3.48. The van der Waals surface area contributed by atoms with E-state index < -0.39 is 6.10 Å². The van der Waals surface area contributed by atoms with Crippen molar-refractivity contribution in [2.75, 3.05) is 6.54 Å². The molecule has 2 heterocycles. The van der Waals surface area contributed by atoms with Crippen LogP contribution in [0.25, 0.3) is 10.2 Å². The van der Waals surface area contributed by atoms with Crippen molar-refractivity contribution in [3.05, 3.63) is 64.7 Å². The Morgan fingerprint density at radius 1 is 1.14 bits per heavy atom. The predicted octanol–water partition coefficient (Wildman–Crippen LogP) is 3.75. The number of carbonyl (C=O) groups is 2. The zero-order valence-corrected chi connectivity index (χ0v) is 16.6. The van der Waals surface area contributed by atoms with Gasteiger partial charge in [-0.1, -0.05) is 36.4 Å². The number of aromatic nitrogens is 1. The van der Waals surface area contributed by atoms with E-state index in [0.717, 1.165) is 27.2 Å². The van der Waals surface area contributed by atoms with Gasteiger partial charge in [0.2, 0.25) is 0 Å². The number of fused-ring (bicyclic) bond motifs is 2. The van der Waals surface area contributed by atoms with Crippen LogP contribution in [0.15, 0.2) is 48.5 Å². The lowest BCUT2D eigenvalue weighted by Crippen LogP contribution is -2.42. The Morgan fingerprint density at radius 2 is 1.89 bits per heavy atom. The van der Waals surface area contributed by atoms with E-state index in [2.05, 4.69) is 11.1 Å². The molecule has 2 aromatic carbocycles. The standard InChI is InChI=1S/C22H22N2O3S/c1-15(22(26)24-13-12-16-6-2-3-7-17(16)14-24)27-21(25)11-10-20-23-18-8-4-5-9-19(18)28-20/h2-9,15H,10-14H2,1H3. The monoisotopic (exact) mass is 394 g/mol. The molecule has 1 atom stereocenters. The Morgan fingerprint density at radius 3 is 2.71 bits per heavy atom. The summed E-state index contributed by atoms with van der Waals surface area (Å²) in [7, 11) is 0. The Kier molecular flexibility index (Phi) is 5.39. The Bertz CT molecular complexity index is 981. The fourth-order valence-corrected chi connectivity index (χ4v) is 4.45. The van der Waals surface area contributed by atoms with Crippen LogP contribution in [0.2, 0.25) is 0 Å². The molecule has 5 nitrogen and oxygen atoms in total. The van der Waals surface area contributed by atoms with Gasteiger partial charge in [-0.3, -0.25) is 9.59 Å². The zero-order chi connectivity index (χ0) is 19.5. The quantitative estimate of drug-likeness (QED) is 0.619. The highest BCUT2D eigenvalue weighted by Gasteiger charge is 2.26. The normalized spacial score (nSPS) is 14.5. The van der Waals surface area contributed by atoms with Crippen molar-refractivity contribution >= 4 is 33.4 Å². The van der Waals surface area contributed by atoms with Crippen molar-refractivity contribution in [1.29, 1.82) is 0 Å². The number of esters is 1. The second-order valence-corrected chi connectivity index (χ2v) is 8.10. The Balaban J connectivity index is 1.29. The molecule has 0 N–H and O–H groups in total. The number of thiazole rings is 1. The second kappa shape index (κ2) is 8.10. The van der Waals surface area contributed by atoms with Crippen LogP contribution in [0, 0.1) is 0 Å². The van der Waals surface area contributed by atoms with Crippen LogP contribution in [0.5, 0.6) is 0 Å². The summed E-state index contributed by atoms with van der Waals surface area (Å²) in [4.78, 5) is 31.2. The Labute approximate surface area is 168 Å². The molecule has 0 spiro atoms. The molecular weight excluding hydrogens is 372 g/mol. The molecule has 1 amide bonds. The first-order valence-electron chi connectivity index (χ1n) is 9.49. The first kappa shape index (κ1) is 18.6. The maximum Gasteiger partial charge on any atom is 0.306 e. The molecule has 1 aliphatic rings. The van der Waals surface area contributed by atoms with Gasteiger partial charge in [0.25, 0.3) is 5.91 Å². The average molecular weight is 394 g/mol. The summed E-state index contributed by atoms with van der Waals surface area (Å²) in [5.74, 6) is -0.500. The molecule has 1 aliphatic heterocycles. The molecule has 4 rings (SSSR count). The van der Waals surface area contributed by atoms with Gasteiger partial charge in [-0.05, 0) is 36.6 Å². The summed E-state index contributed by atoms with van der Waals surface area (Å²) in [6, 6.07) is 16.1. The van der Waals surface area contributed by atoms with Gasteiger partial charge in [0.05, 0.1) is 21.6 Å². The third-order valence-corrected chi connectivity index (χ3v) is 6.08. The number of aryl methyl sites for hydroxylation is 1. The molecule has 0 saturated heterocycles. The van der Waals surface area contributed by atoms with Crippen LogP contribution in [-0.2, 0) is 33.7 Å². The van der Waals surface area contributed by atoms with E-state index in [4.69, 9.17) is 4.74 Å². The van der Waals surface area contributed by atoms with Gasteiger partial charge in [-0.25, -0.2) is 4.98 Å². The molecule has 28 heavy (non-hydrogen) atoms. The highest BCUT2D eigenvalue weighted by atomic mass is 32.1. The summed E-state index contributed by atoms with van der Waals surface area (Å²) < 4.78 is 6.51. The van der Waals surface area contributed by atoms with E-state index in [9.17, 15) is 9.59 Å². The van der Waals surface area contributed by atoms with Crippen molar-refractivity contribution in [2.45, 2.75) is 38.8 Å². The lowest BCUT2D eigenvalue weighted by Gasteiger charge is -2.30. The zero-order valence-electron chi connectivity index (χ0n) is 15.8. The van der Waals surface area contributed by atoms with Crippen LogP contribution in [0.4, 0.5) is 0 Å². The molecule has 0 radical (unpaired) electrons. The van der Waals surface area contributed by atoms with Gasteiger partial charge in [-0.15, -0.1) is 11.3 Å². The number of para-hydroxylation sites is 1. The molecule has 3 aromatic rings. The second-order valence-electron chi connectivity index (χ2n) is 6.99. The van der Waals surface area contributed by atoms with Crippen LogP contribution < -0.4 is 0 Å². The van der Waals surface area contributed by atoms with Crippen molar-refractivity contribution in [2.24, 2.45) is 0 Å². The summed E-state index contributed by atoms with van der Waals surface area (Å²) in [5, 5.41) is 0.907. The summed E-state index contributed by atoms with van der Waals surface area (Å²) in [6.07, 6.45) is 0.810. The minimum absolute atomic E-state index is 0.136. The highest BCUT2D eigenvalue weighted by Crippen LogP contribution is 2.23. The maximum atomic E-state index is 12.7. The molecule has 0 saturated carbocycles. The summed E-state index contributed by atoms with van der Waals surface area (Å²) in [6.45, 7) is 2.88. The number of hydrogen-bond donors (Lipinski definition) is 0. The molecule has 0 bridgehead atoms. The number of ether oxygens (including phenoxy) is 1. The number of nitrogens with zero attached hydrogens (tertiary/aromatic N) is 2. The predicted molar refractivity (Wildman–Crippen MR) is 109 cm³/mol. The maximum absolute atomic E-state index is 12.7. The van der Waals surface area contributed by atoms with Crippen LogP contribution in [0.3, 0.4) is 0 Å². The van der Waals surface area contributed by atoms with Gasteiger partial charge in [0.1, 0.15) is 0 Å². The molecule has 0 fully saturated rings. The topological polar surface area (TPSA) is 59.5 Å². The highest BCUT2D eigenvalue weighted by molar-refractivity contribution is 7.18. The first-order chi connectivity index (χ1) is 13.6. The van der Waals surface area contributed by atoms with E-state index in [1.54, 1.807) is 23.2 Å². The third kappa shape index (κ3) is 4.07. The van der Waals surface area contributed by atoms with E-state index in [1.165, 1.54) is 5.56 Å². The van der Waals surface area contributed by atoms with Crippen molar-refractivity contribution in [3.8, 4) is 0 Å². The molecular formula is C22H22N2O3S. The number of rotatable bonds is 5. The van der Waals surface area contributed by atoms with E-state index >= 15 is 0 Å². The number of benzene rings is 2. The minimum Gasteiger partial charge on any atom is -0.453 e. The molecule has 6 heteroatoms. The first-order valence-corrected chi connectivity index (χ1v) is 10.3. The van der Waals surface area contributed by atoms with Crippen LogP contribution in [-0.4, -0.2) is 34.4 Å². The number of amides is 1. The number of hydrogen-bond acceptors (Lipinski definition) is 5. The van der Waals surface area contributed by atoms with Crippen molar-refractivity contribution in [3.63, 3.8) is 0 Å². The van der Waals surface area contributed by atoms with E-state index in [1.807, 2.05) is 42.5 Å². The van der Waals surface area contributed by atoms with Gasteiger partial charge in [0, 0.05) is 19.5 Å². The summed E-state index contributed by atoms with van der Waals surface area (Å²) in [5.41, 5.74) is 3.40. The van der Waals surface area contributed by atoms with Gasteiger partial charge >= 0.3 is 5.97 Å². The van der Waals surface area contributed by atoms with E-state index in [0.29, 0.717) is 19.5 Å². The molecule has 0 aliphatic carbocycles. The average Bonchev–Trinajstić information content (AvgIpc) is 3.14. The van der Waals surface area contributed by atoms with E-state index in [-0.39, 0.29) is 18.3 Å². The largest absolute Gasteiger partial charge is 0.453 e. The van der Waals surface area contributed by atoms with Gasteiger partial charge < -0.3 is 9.64 Å². The molecule has 1 unspecified atom stereocenters. The lowest BCUT2D eigenvalue weighted by molar-refractivity contribution is -0.159. The molecule has 1 aromatic heterocycles. The van der Waals surface area contributed by atoms with Crippen LogP contribution in [0.1, 0.15) is 29.5 Å². The van der Waals surface area contributed by atoms with Crippen molar-refractivity contribution in [1.82, 2.24) is 9.88 Å². The van der Waals surface area contributed by atoms with Gasteiger partial charge in [0.15, 0.2) is 6.10 Å². The smallest absolute Gasteiger partial charge is 0.306 e. The fraction of sp³-hybridized carbons (Fsp3) is 0.318. The Hall–Kier alpha value is -2.73.